The van der Waals surface area contributed by atoms with Gasteiger partial charge in [0.25, 0.3) is 0 Å². The van der Waals surface area contributed by atoms with Crippen LogP contribution in [0.2, 0.25) is 0 Å². The van der Waals surface area contributed by atoms with Crippen molar-refractivity contribution in [3.05, 3.63) is 35.9 Å². The lowest BCUT2D eigenvalue weighted by Gasteiger charge is -2.29. The molecule has 0 unspecified atom stereocenters. The van der Waals surface area contributed by atoms with Gasteiger partial charge in [0.1, 0.15) is 5.69 Å². The van der Waals surface area contributed by atoms with Gasteiger partial charge < -0.3 is 24.4 Å². The van der Waals surface area contributed by atoms with Crippen LogP contribution >= 0.6 is 12.2 Å². The van der Waals surface area contributed by atoms with Crippen molar-refractivity contribution in [1.29, 1.82) is 0 Å². The number of aromatic nitrogens is 1. The van der Waals surface area contributed by atoms with Crippen LogP contribution in [-0.2, 0) is 11.3 Å². The number of hydrogen-bond donors (Lipinski definition) is 1. The highest BCUT2D eigenvalue weighted by molar-refractivity contribution is 7.80. The zero-order chi connectivity index (χ0) is 19.8. The standard InChI is InChI=1S/C21H30N4O2S/c1-3-22-21(28)25(14-15-26-2)16-18-19(17-10-6-4-7-11-17)23-27-20(18)24-12-8-5-9-13-24/h4,6-7,10-11H,3,5,8-9,12-16H2,1-2H3,(H,22,28). The molecular weight excluding hydrogens is 372 g/mol. The van der Waals surface area contributed by atoms with Gasteiger partial charge in [-0.1, -0.05) is 35.5 Å². The summed E-state index contributed by atoms with van der Waals surface area (Å²) in [6.45, 7) is 6.80. The fourth-order valence-electron chi connectivity index (χ4n) is 3.52. The van der Waals surface area contributed by atoms with Gasteiger partial charge in [0.2, 0.25) is 5.88 Å². The summed E-state index contributed by atoms with van der Waals surface area (Å²) in [5, 5.41) is 8.45. The van der Waals surface area contributed by atoms with Crippen LogP contribution in [0, 0.1) is 0 Å². The zero-order valence-corrected chi connectivity index (χ0v) is 17.6. The maximum atomic E-state index is 5.89. The third kappa shape index (κ3) is 5.02. The molecule has 2 aromatic rings. The molecule has 1 aromatic carbocycles. The summed E-state index contributed by atoms with van der Waals surface area (Å²) in [5.41, 5.74) is 3.04. The maximum absolute atomic E-state index is 5.89. The number of rotatable bonds is 8. The van der Waals surface area contributed by atoms with Crippen LogP contribution in [-0.4, -0.2) is 55.1 Å². The summed E-state index contributed by atoms with van der Waals surface area (Å²) in [6.07, 6.45) is 3.64. The van der Waals surface area contributed by atoms with Gasteiger partial charge in [-0.25, -0.2) is 0 Å². The molecule has 1 aromatic heterocycles. The first-order chi connectivity index (χ1) is 13.7. The Morgan fingerprint density at radius 1 is 1.25 bits per heavy atom. The summed E-state index contributed by atoms with van der Waals surface area (Å²) in [6, 6.07) is 10.2. The van der Waals surface area contributed by atoms with E-state index in [0.29, 0.717) is 19.7 Å². The molecule has 0 bridgehead atoms. The fourth-order valence-corrected chi connectivity index (χ4v) is 3.82. The number of benzene rings is 1. The summed E-state index contributed by atoms with van der Waals surface area (Å²) < 4.78 is 11.2. The normalized spacial score (nSPS) is 14.1. The van der Waals surface area contributed by atoms with E-state index in [1.807, 2.05) is 18.2 Å². The smallest absolute Gasteiger partial charge is 0.232 e. The van der Waals surface area contributed by atoms with Crippen molar-refractivity contribution in [3.8, 4) is 11.3 Å². The molecule has 3 rings (SSSR count). The van der Waals surface area contributed by atoms with Crippen LogP contribution in [0.15, 0.2) is 34.9 Å². The number of piperidine rings is 1. The molecule has 0 aliphatic carbocycles. The predicted octanol–water partition coefficient (Wildman–Crippen LogP) is 3.67. The molecule has 1 aliphatic rings. The monoisotopic (exact) mass is 402 g/mol. The quantitative estimate of drug-likeness (QED) is 0.676. The van der Waals surface area contributed by atoms with E-state index in [-0.39, 0.29) is 0 Å². The first-order valence-corrected chi connectivity index (χ1v) is 10.5. The van der Waals surface area contributed by atoms with Gasteiger partial charge in [-0.05, 0) is 38.4 Å². The Morgan fingerprint density at radius 3 is 2.68 bits per heavy atom. The molecule has 0 amide bonds. The highest BCUT2D eigenvalue weighted by atomic mass is 32.1. The molecule has 0 saturated carbocycles. The lowest BCUT2D eigenvalue weighted by atomic mass is 10.1. The minimum absolute atomic E-state index is 0.608. The van der Waals surface area contributed by atoms with Gasteiger partial charge in [-0.3, -0.25) is 0 Å². The molecule has 152 valence electrons. The molecular formula is C21H30N4O2S. The maximum Gasteiger partial charge on any atom is 0.232 e. The number of hydrogen-bond acceptors (Lipinski definition) is 5. The van der Waals surface area contributed by atoms with Gasteiger partial charge in [0.15, 0.2) is 5.11 Å². The van der Waals surface area contributed by atoms with E-state index >= 15 is 0 Å². The molecule has 1 fully saturated rings. The number of nitrogens with one attached hydrogen (secondary N) is 1. The van der Waals surface area contributed by atoms with Gasteiger partial charge in [0, 0.05) is 38.9 Å². The summed E-state index contributed by atoms with van der Waals surface area (Å²) in [4.78, 5) is 4.46. The predicted molar refractivity (Wildman–Crippen MR) is 117 cm³/mol. The molecule has 0 radical (unpaired) electrons. The SMILES string of the molecule is CCNC(=S)N(CCOC)Cc1c(-c2ccccc2)noc1N1CCCCC1. The molecule has 0 spiro atoms. The van der Waals surface area contributed by atoms with Crippen molar-refractivity contribution in [1.82, 2.24) is 15.4 Å². The average molecular weight is 403 g/mol. The van der Waals surface area contributed by atoms with Crippen molar-refractivity contribution in [2.45, 2.75) is 32.7 Å². The van der Waals surface area contributed by atoms with Crippen molar-refractivity contribution in [2.75, 3.05) is 44.8 Å². The van der Waals surface area contributed by atoms with Crippen LogP contribution in [0.25, 0.3) is 11.3 Å². The van der Waals surface area contributed by atoms with Crippen molar-refractivity contribution in [2.24, 2.45) is 0 Å². The largest absolute Gasteiger partial charge is 0.383 e. The number of methoxy groups -OCH3 is 1. The lowest BCUT2D eigenvalue weighted by molar-refractivity contribution is 0.174. The molecule has 0 atom stereocenters. The molecule has 1 aliphatic heterocycles. The highest BCUT2D eigenvalue weighted by Gasteiger charge is 2.26. The van der Waals surface area contributed by atoms with Crippen molar-refractivity contribution in [3.63, 3.8) is 0 Å². The Balaban J connectivity index is 1.94. The van der Waals surface area contributed by atoms with E-state index in [9.17, 15) is 0 Å². The summed E-state index contributed by atoms with van der Waals surface area (Å²) >= 11 is 5.62. The molecule has 2 heterocycles. The van der Waals surface area contributed by atoms with Gasteiger partial charge >= 0.3 is 0 Å². The Bertz CT molecular complexity index is 744. The Morgan fingerprint density at radius 2 is 2.00 bits per heavy atom. The first kappa shape index (κ1) is 20.6. The fraction of sp³-hybridized carbons (Fsp3) is 0.524. The third-order valence-corrected chi connectivity index (χ3v) is 5.39. The molecule has 6 nitrogen and oxygen atoms in total. The van der Waals surface area contributed by atoms with E-state index < -0.39 is 0 Å². The second kappa shape index (κ2) is 10.4. The minimum Gasteiger partial charge on any atom is -0.383 e. The topological polar surface area (TPSA) is 53.8 Å². The van der Waals surface area contributed by atoms with Crippen molar-refractivity contribution >= 4 is 23.2 Å². The van der Waals surface area contributed by atoms with E-state index in [0.717, 1.165) is 47.5 Å². The summed E-state index contributed by atoms with van der Waals surface area (Å²) in [7, 11) is 1.71. The van der Waals surface area contributed by atoms with E-state index in [4.69, 9.17) is 21.5 Å². The van der Waals surface area contributed by atoms with Crippen LogP contribution in [0.5, 0.6) is 0 Å². The highest BCUT2D eigenvalue weighted by Crippen LogP contribution is 2.33. The van der Waals surface area contributed by atoms with Gasteiger partial charge in [0.05, 0.1) is 18.7 Å². The van der Waals surface area contributed by atoms with Crippen molar-refractivity contribution < 1.29 is 9.26 Å². The second-order valence-corrected chi connectivity index (χ2v) is 7.37. The molecule has 28 heavy (non-hydrogen) atoms. The minimum atomic E-state index is 0.608. The number of anilines is 1. The Labute approximate surface area is 172 Å². The van der Waals surface area contributed by atoms with E-state index in [1.165, 1.54) is 19.3 Å². The molecule has 7 heteroatoms. The van der Waals surface area contributed by atoms with Crippen LogP contribution in [0.3, 0.4) is 0 Å². The van der Waals surface area contributed by atoms with Crippen LogP contribution in [0.1, 0.15) is 31.7 Å². The molecule has 1 N–H and O–H groups in total. The number of ether oxygens (including phenoxy) is 1. The first-order valence-electron chi connectivity index (χ1n) is 10.0. The van der Waals surface area contributed by atoms with E-state index in [1.54, 1.807) is 7.11 Å². The Kier molecular flexibility index (Phi) is 7.68. The number of thiocarbonyl (C=S) groups is 1. The van der Waals surface area contributed by atoms with E-state index in [2.05, 4.69) is 39.3 Å². The third-order valence-electron chi connectivity index (χ3n) is 4.99. The van der Waals surface area contributed by atoms with Gasteiger partial charge in [-0.2, -0.15) is 0 Å². The Hall–Kier alpha value is -2.12. The lowest BCUT2D eigenvalue weighted by Crippen LogP contribution is -2.41. The second-order valence-electron chi connectivity index (χ2n) is 6.98. The van der Waals surface area contributed by atoms with Gasteiger partial charge in [-0.15, -0.1) is 0 Å². The summed E-state index contributed by atoms with van der Waals surface area (Å²) in [5.74, 6) is 0.875. The molecule has 1 saturated heterocycles. The average Bonchev–Trinajstić information content (AvgIpc) is 3.16. The number of nitrogens with zero attached hydrogens (tertiary/aromatic N) is 3. The van der Waals surface area contributed by atoms with Crippen LogP contribution < -0.4 is 10.2 Å². The zero-order valence-electron chi connectivity index (χ0n) is 16.8. The van der Waals surface area contributed by atoms with Crippen LogP contribution in [0.4, 0.5) is 5.88 Å².